The second-order valence-corrected chi connectivity index (χ2v) is 17.2. The fraction of sp³-hybridized carbons (Fsp3) is 0.172. The first-order valence-corrected chi connectivity index (χ1v) is 20.8. The lowest BCUT2D eigenvalue weighted by Gasteiger charge is -2.23. The molecule has 0 bridgehead atoms. The quantitative estimate of drug-likeness (QED) is 0.174. The van der Waals surface area contributed by atoms with E-state index in [1.807, 2.05) is 74.5 Å². The van der Waals surface area contributed by atoms with Crippen molar-refractivity contribution >= 4 is 11.0 Å². The van der Waals surface area contributed by atoms with Gasteiger partial charge in [-0.2, -0.15) is 0 Å². The van der Waals surface area contributed by atoms with E-state index < -0.39 is 26.0 Å². The van der Waals surface area contributed by atoms with Crippen molar-refractivity contribution in [2.75, 3.05) is 0 Å². The van der Waals surface area contributed by atoms with Crippen LogP contribution in [0.15, 0.2) is 170 Å². The molecule has 0 radical (unpaired) electrons. The lowest BCUT2D eigenvalue weighted by Crippen LogP contribution is -2.12. The maximum Gasteiger partial charge on any atom is 0.149 e. The molecule has 2 heterocycles. The van der Waals surface area contributed by atoms with Crippen LogP contribution in [0.4, 0.5) is 0 Å². The van der Waals surface area contributed by atoms with Gasteiger partial charge < -0.3 is 5.11 Å². The number of hydrogen-bond donors (Lipinski definition) is 1. The van der Waals surface area contributed by atoms with Gasteiger partial charge in [0.25, 0.3) is 0 Å². The third kappa shape index (κ3) is 7.85. The standard InChI is InChI=1S/C58H53N3O/c1-37-28-38(2)55(62)51(29-37)56-60-54-50(20-15-21-53(54)61(56)49-34-44(40-18-13-10-14-19-40)33-48(36-49)58(6,7)8)45-30-43(39-16-11-9-12-17-39)31-46(32-45)52-35-42(26-27-59-52)41-22-24-47(25-23-41)57(3,4)5/h9-36,62H,1-8H3/i3D3,4D3,5D3. The molecule has 0 fully saturated rings. The SMILES string of the molecule is [2H]C([2H])([2H])C(c1ccc(-c2ccnc(-c3cc(-c4ccccc4)cc(-c4cccc5c4nc(-c4cc(C)cc(C)c4O)n5-c4cc(-c5ccccc5)cc(C(C)(C)C)c4)c3)c2)cc1)(C([2H])([2H])[2H])C([2H])([2H])[2H]. The number of fused-ring (bicyclic) bond motifs is 1. The third-order valence-electron chi connectivity index (χ3n) is 11.6. The number of aromatic hydroxyl groups is 1. The topological polar surface area (TPSA) is 50.9 Å². The summed E-state index contributed by atoms with van der Waals surface area (Å²) < 4.78 is 76.0. The minimum absolute atomic E-state index is 0.157. The van der Waals surface area contributed by atoms with Crippen molar-refractivity contribution in [2.45, 2.75) is 66.0 Å². The summed E-state index contributed by atoms with van der Waals surface area (Å²) in [5.74, 6) is 0.750. The number of rotatable bonds is 7. The summed E-state index contributed by atoms with van der Waals surface area (Å²) in [7, 11) is 0. The molecule has 4 heteroatoms. The number of aromatic nitrogens is 3. The Hall–Kier alpha value is -7.04. The van der Waals surface area contributed by atoms with Crippen LogP contribution < -0.4 is 0 Å². The summed E-state index contributed by atoms with van der Waals surface area (Å²) in [6, 6.07) is 52.8. The maximum absolute atomic E-state index is 11.8. The Morgan fingerprint density at radius 3 is 1.84 bits per heavy atom. The monoisotopic (exact) mass is 816 g/mol. The molecule has 0 spiro atoms. The van der Waals surface area contributed by atoms with Crippen LogP contribution in [0, 0.1) is 13.8 Å². The van der Waals surface area contributed by atoms with E-state index in [9.17, 15) is 5.11 Å². The van der Waals surface area contributed by atoms with Gasteiger partial charge in [0.15, 0.2) is 0 Å². The molecule has 0 saturated carbocycles. The fourth-order valence-electron chi connectivity index (χ4n) is 8.28. The van der Waals surface area contributed by atoms with Crippen molar-refractivity contribution in [3.8, 4) is 78.6 Å². The highest BCUT2D eigenvalue weighted by molar-refractivity contribution is 5.98. The van der Waals surface area contributed by atoms with Crippen molar-refractivity contribution in [1.29, 1.82) is 0 Å². The number of hydrogen-bond acceptors (Lipinski definition) is 3. The zero-order valence-corrected chi connectivity index (χ0v) is 35.5. The summed E-state index contributed by atoms with van der Waals surface area (Å²) in [5, 5.41) is 11.8. The molecule has 9 aromatic rings. The maximum atomic E-state index is 11.8. The molecule has 2 aromatic heterocycles. The molecule has 4 nitrogen and oxygen atoms in total. The highest BCUT2D eigenvalue weighted by Gasteiger charge is 2.24. The third-order valence-corrected chi connectivity index (χ3v) is 11.6. The number of nitrogens with zero attached hydrogens (tertiary/aromatic N) is 3. The number of phenols is 1. The molecular weight excluding hydrogens is 755 g/mol. The predicted molar refractivity (Wildman–Crippen MR) is 260 cm³/mol. The Morgan fingerprint density at radius 1 is 0.516 bits per heavy atom. The lowest BCUT2D eigenvalue weighted by atomic mass is 9.85. The van der Waals surface area contributed by atoms with Gasteiger partial charge in [0.05, 0.1) is 22.3 Å². The van der Waals surface area contributed by atoms with E-state index in [1.165, 1.54) is 12.1 Å². The van der Waals surface area contributed by atoms with Gasteiger partial charge in [-0.15, -0.1) is 0 Å². The minimum atomic E-state index is -3.37. The Labute approximate surface area is 378 Å². The molecule has 7 aromatic carbocycles. The zero-order chi connectivity index (χ0) is 50.8. The molecule has 9 rings (SSSR count). The van der Waals surface area contributed by atoms with Gasteiger partial charge in [-0.25, -0.2) is 4.98 Å². The first kappa shape index (κ1) is 30.9. The van der Waals surface area contributed by atoms with Crippen LogP contribution in [0.2, 0.25) is 0 Å². The fourth-order valence-corrected chi connectivity index (χ4v) is 8.28. The van der Waals surface area contributed by atoms with Gasteiger partial charge in [0.1, 0.15) is 11.6 Å². The van der Waals surface area contributed by atoms with E-state index in [0.717, 1.165) is 72.4 Å². The number of imidazole rings is 1. The van der Waals surface area contributed by atoms with Crippen LogP contribution in [0.1, 0.15) is 75.9 Å². The average molecular weight is 817 g/mol. The van der Waals surface area contributed by atoms with Crippen LogP contribution in [0.5, 0.6) is 5.75 Å². The van der Waals surface area contributed by atoms with Crippen LogP contribution in [0.25, 0.3) is 83.9 Å². The van der Waals surface area contributed by atoms with Crippen molar-refractivity contribution in [3.63, 3.8) is 0 Å². The van der Waals surface area contributed by atoms with E-state index >= 15 is 0 Å². The van der Waals surface area contributed by atoms with Crippen LogP contribution in [-0.4, -0.2) is 19.6 Å². The van der Waals surface area contributed by atoms with Crippen molar-refractivity contribution in [2.24, 2.45) is 0 Å². The number of phenolic OH excluding ortho intramolecular Hbond substituents is 1. The van der Waals surface area contributed by atoms with Crippen molar-refractivity contribution in [1.82, 2.24) is 14.5 Å². The van der Waals surface area contributed by atoms with E-state index in [0.29, 0.717) is 28.2 Å². The number of benzene rings is 7. The van der Waals surface area contributed by atoms with Gasteiger partial charge in [-0.3, -0.25) is 9.55 Å². The lowest BCUT2D eigenvalue weighted by molar-refractivity contribution is 0.472. The molecule has 1 N–H and O–H groups in total. The number of pyridine rings is 1. The summed E-state index contributed by atoms with van der Waals surface area (Å²) in [6.07, 6.45) is 1.67. The highest BCUT2D eigenvalue weighted by Crippen LogP contribution is 2.42. The molecular formula is C58H53N3O. The van der Waals surface area contributed by atoms with Gasteiger partial charge in [0.2, 0.25) is 0 Å². The van der Waals surface area contributed by atoms with Crippen LogP contribution in [0.3, 0.4) is 0 Å². The Kier molecular flexibility index (Phi) is 7.86. The van der Waals surface area contributed by atoms with Crippen LogP contribution >= 0.6 is 0 Å². The molecule has 0 aliphatic carbocycles. The summed E-state index contributed by atoms with van der Waals surface area (Å²) in [4.78, 5) is 10.3. The van der Waals surface area contributed by atoms with Gasteiger partial charge in [0, 0.05) is 35.3 Å². The Morgan fingerprint density at radius 2 is 1.16 bits per heavy atom. The molecule has 0 amide bonds. The number of para-hydroxylation sites is 1. The predicted octanol–water partition coefficient (Wildman–Crippen LogP) is 15.3. The minimum Gasteiger partial charge on any atom is -0.507 e. The molecule has 0 atom stereocenters. The normalized spacial score (nSPS) is 14.7. The Bertz CT molecular complexity index is 3400. The van der Waals surface area contributed by atoms with Crippen molar-refractivity contribution < 1.29 is 17.4 Å². The first-order chi connectivity index (χ1) is 33.5. The smallest absolute Gasteiger partial charge is 0.149 e. The molecule has 62 heavy (non-hydrogen) atoms. The molecule has 306 valence electrons. The van der Waals surface area contributed by atoms with Crippen molar-refractivity contribution in [3.05, 3.63) is 192 Å². The van der Waals surface area contributed by atoms with Gasteiger partial charge >= 0.3 is 0 Å². The van der Waals surface area contributed by atoms with E-state index in [2.05, 4.69) is 98.1 Å². The van der Waals surface area contributed by atoms with E-state index in [1.54, 1.807) is 24.4 Å². The largest absolute Gasteiger partial charge is 0.507 e. The van der Waals surface area contributed by atoms with Crippen LogP contribution in [-0.2, 0) is 10.8 Å². The molecule has 0 aliphatic rings. The van der Waals surface area contributed by atoms with Gasteiger partial charge in [-0.05, 0) is 140 Å². The van der Waals surface area contributed by atoms with Gasteiger partial charge in [-0.1, -0.05) is 151 Å². The second kappa shape index (κ2) is 15.8. The van der Waals surface area contributed by atoms with E-state index in [4.69, 9.17) is 22.3 Å². The molecule has 0 saturated heterocycles. The molecule has 0 unspecified atom stereocenters. The first-order valence-electron chi connectivity index (χ1n) is 25.3. The van der Waals surface area contributed by atoms with E-state index in [-0.39, 0.29) is 16.7 Å². The second-order valence-electron chi connectivity index (χ2n) is 17.2. The summed E-state index contributed by atoms with van der Waals surface area (Å²) in [6.45, 7) is 0.424. The zero-order valence-electron chi connectivity index (χ0n) is 44.5. The Balaban J connectivity index is 1.24. The summed E-state index contributed by atoms with van der Waals surface area (Å²) >= 11 is 0. The number of aryl methyl sites for hydroxylation is 2. The molecule has 0 aliphatic heterocycles. The summed E-state index contributed by atoms with van der Waals surface area (Å²) in [5.41, 5.74) is 10.8. The highest BCUT2D eigenvalue weighted by atomic mass is 16.3. The average Bonchev–Trinajstić information content (AvgIpc) is 3.71.